The third-order valence-corrected chi connectivity index (χ3v) is 5.93. The maximum absolute atomic E-state index is 12.3. The molecule has 7 heteroatoms. The van der Waals surface area contributed by atoms with Crippen LogP contribution in [0.1, 0.15) is 24.5 Å². The van der Waals surface area contributed by atoms with Gasteiger partial charge in [0.25, 0.3) is 0 Å². The van der Waals surface area contributed by atoms with Crippen LogP contribution < -0.4 is 10.6 Å². The van der Waals surface area contributed by atoms with Crippen LogP contribution in [0.15, 0.2) is 18.2 Å². The zero-order chi connectivity index (χ0) is 16.9. The number of rotatable bonds is 6. The average Bonchev–Trinajstić information content (AvgIpc) is 2.56. The summed E-state index contributed by atoms with van der Waals surface area (Å²) in [6.45, 7) is 6.23. The van der Waals surface area contributed by atoms with E-state index in [2.05, 4.69) is 10.6 Å². The summed E-state index contributed by atoms with van der Waals surface area (Å²) in [6, 6.07) is 5.87. The predicted molar refractivity (Wildman–Crippen MR) is 92.0 cm³/mol. The van der Waals surface area contributed by atoms with Gasteiger partial charge in [-0.1, -0.05) is 25.1 Å². The number of aryl methyl sites for hydroxylation is 2. The van der Waals surface area contributed by atoms with Crippen LogP contribution >= 0.6 is 0 Å². The monoisotopic (exact) mass is 339 g/mol. The van der Waals surface area contributed by atoms with Gasteiger partial charge in [-0.2, -0.15) is 4.31 Å². The number of piperazine rings is 1. The second-order valence-electron chi connectivity index (χ2n) is 5.73. The fourth-order valence-corrected chi connectivity index (χ4v) is 4.12. The van der Waals surface area contributed by atoms with Crippen LogP contribution in [0.3, 0.4) is 0 Å². The number of hydrogen-bond donors (Lipinski definition) is 2. The number of hydrogen-bond acceptors (Lipinski definition) is 4. The molecular weight excluding hydrogens is 314 g/mol. The number of nitrogens with zero attached hydrogens (tertiary/aromatic N) is 1. The van der Waals surface area contributed by atoms with Crippen molar-refractivity contribution in [2.45, 2.75) is 26.7 Å². The molecule has 0 radical (unpaired) electrons. The van der Waals surface area contributed by atoms with Crippen molar-refractivity contribution < 1.29 is 13.2 Å². The summed E-state index contributed by atoms with van der Waals surface area (Å²) in [7, 11) is -3.36. The molecule has 1 amide bonds. The Kier molecular flexibility index (Phi) is 6.15. The fraction of sp³-hybridized carbons (Fsp3) is 0.562. The van der Waals surface area contributed by atoms with Crippen LogP contribution in [0, 0.1) is 6.92 Å². The first-order chi connectivity index (χ1) is 10.9. The largest absolute Gasteiger partial charge is 0.326 e. The van der Waals surface area contributed by atoms with Gasteiger partial charge in [0.1, 0.15) is 0 Å². The topological polar surface area (TPSA) is 78.5 Å². The third-order valence-electron chi connectivity index (χ3n) is 4.06. The van der Waals surface area contributed by atoms with Crippen LogP contribution in [-0.2, 0) is 21.2 Å². The predicted octanol–water partition coefficient (Wildman–Crippen LogP) is 1.12. The first-order valence-electron chi connectivity index (χ1n) is 8.01. The van der Waals surface area contributed by atoms with Gasteiger partial charge >= 0.3 is 0 Å². The van der Waals surface area contributed by atoms with Crippen molar-refractivity contribution in [3.05, 3.63) is 29.3 Å². The molecule has 1 heterocycles. The molecule has 1 aliphatic heterocycles. The number of benzene rings is 1. The number of carbonyl (C=O) groups excluding carboxylic acids is 1. The van der Waals surface area contributed by atoms with Crippen molar-refractivity contribution in [1.29, 1.82) is 0 Å². The van der Waals surface area contributed by atoms with E-state index in [0.29, 0.717) is 26.2 Å². The van der Waals surface area contributed by atoms with E-state index in [-0.39, 0.29) is 18.1 Å². The highest BCUT2D eigenvalue weighted by Gasteiger charge is 2.24. The SMILES string of the molecule is CCc1cccc(C)c1NC(=O)CCS(=O)(=O)N1CCNCC1. The summed E-state index contributed by atoms with van der Waals surface area (Å²) in [6.07, 6.45) is 0.792. The van der Waals surface area contributed by atoms with Gasteiger partial charge in [-0.3, -0.25) is 4.79 Å². The molecule has 1 aromatic rings. The maximum atomic E-state index is 12.3. The van der Waals surface area contributed by atoms with Gasteiger partial charge < -0.3 is 10.6 Å². The summed E-state index contributed by atoms with van der Waals surface area (Å²) in [4.78, 5) is 12.2. The van der Waals surface area contributed by atoms with E-state index in [1.54, 1.807) is 0 Å². The van der Waals surface area contributed by atoms with Gasteiger partial charge in [-0.25, -0.2) is 8.42 Å². The van der Waals surface area contributed by atoms with E-state index in [4.69, 9.17) is 0 Å². The minimum absolute atomic E-state index is 0.0241. The molecule has 0 saturated carbocycles. The van der Waals surface area contributed by atoms with Crippen molar-refractivity contribution in [3.8, 4) is 0 Å². The van der Waals surface area contributed by atoms with E-state index in [1.807, 2.05) is 32.0 Å². The van der Waals surface area contributed by atoms with Crippen molar-refractivity contribution >= 4 is 21.6 Å². The van der Waals surface area contributed by atoms with Gasteiger partial charge in [0.05, 0.1) is 5.75 Å². The Balaban J connectivity index is 1.95. The Bertz CT molecular complexity index is 653. The molecule has 1 aromatic carbocycles. The van der Waals surface area contributed by atoms with Crippen molar-refractivity contribution in [2.24, 2.45) is 0 Å². The smallest absolute Gasteiger partial charge is 0.225 e. The fourth-order valence-electron chi connectivity index (χ4n) is 2.68. The number of amides is 1. The Morgan fingerprint density at radius 2 is 2.00 bits per heavy atom. The van der Waals surface area contributed by atoms with E-state index in [0.717, 1.165) is 23.2 Å². The van der Waals surface area contributed by atoms with Crippen LogP contribution in [0.4, 0.5) is 5.69 Å². The second kappa shape index (κ2) is 7.90. The van der Waals surface area contributed by atoms with E-state index < -0.39 is 10.0 Å². The van der Waals surface area contributed by atoms with E-state index >= 15 is 0 Å². The summed E-state index contributed by atoms with van der Waals surface area (Å²) >= 11 is 0. The summed E-state index contributed by atoms with van der Waals surface area (Å²) in [5, 5.41) is 5.99. The quantitative estimate of drug-likeness (QED) is 0.814. The molecule has 2 rings (SSSR count). The Hall–Kier alpha value is -1.44. The minimum Gasteiger partial charge on any atom is -0.326 e. The van der Waals surface area contributed by atoms with Crippen molar-refractivity contribution in [3.63, 3.8) is 0 Å². The van der Waals surface area contributed by atoms with Gasteiger partial charge in [-0.15, -0.1) is 0 Å². The molecule has 1 fully saturated rings. The van der Waals surface area contributed by atoms with Gasteiger partial charge in [0, 0.05) is 38.3 Å². The van der Waals surface area contributed by atoms with Crippen molar-refractivity contribution in [1.82, 2.24) is 9.62 Å². The maximum Gasteiger partial charge on any atom is 0.225 e. The molecule has 1 aliphatic rings. The second-order valence-corrected chi connectivity index (χ2v) is 7.81. The van der Waals surface area contributed by atoms with Crippen molar-refractivity contribution in [2.75, 3.05) is 37.2 Å². The minimum atomic E-state index is -3.36. The Morgan fingerprint density at radius 3 is 2.65 bits per heavy atom. The van der Waals surface area contributed by atoms with Crippen LogP contribution in [0.5, 0.6) is 0 Å². The standard InChI is InChI=1S/C16H25N3O3S/c1-3-14-6-4-5-13(2)16(14)18-15(20)7-12-23(21,22)19-10-8-17-9-11-19/h4-6,17H,3,7-12H2,1-2H3,(H,18,20). The van der Waals surface area contributed by atoms with Gasteiger partial charge in [-0.05, 0) is 24.5 Å². The molecule has 1 saturated heterocycles. The molecule has 0 spiro atoms. The van der Waals surface area contributed by atoms with Gasteiger partial charge in [0.2, 0.25) is 15.9 Å². The average molecular weight is 339 g/mol. The molecule has 6 nitrogen and oxygen atoms in total. The number of carbonyl (C=O) groups is 1. The third kappa shape index (κ3) is 4.76. The highest BCUT2D eigenvalue weighted by atomic mass is 32.2. The lowest BCUT2D eigenvalue weighted by Crippen LogP contribution is -2.47. The molecular formula is C16H25N3O3S. The molecule has 0 aromatic heterocycles. The lowest BCUT2D eigenvalue weighted by Gasteiger charge is -2.26. The zero-order valence-electron chi connectivity index (χ0n) is 13.8. The number of sulfonamides is 1. The lowest BCUT2D eigenvalue weighted by atomic mass is 10.1. The normalized spacial score (nSPS) is 16.3. The molecule has 2 N–H and O–H groups in total. The first kappa shape index (κ1) is 17.9. The highest BCUT2D eigenvalue weighted by Crippen LogP contribution is 2.21. The molecule has 23 heavy (non-hydrogen) atoms. The Labute approximate surface area is 138 Å². The number of anilines is 1. The summed E-state index contributed by atoms with van der Waals surface area (Å²) in [5.41, 5.74) is 2.85. The lowest BCUT2D eigenvalue weighted by molar-refractivity contribution is -0.115. The molecule has 128 valence electrons. The highest BCUT2D eigenvalue weighted by molar-refractivity contribution is 7.89. The van der Waals surface area contributed by atoms with Crippen LogP contribution in [0.25, 0.3) is 0 Å². The number of para-hydroxylation sites is 1. The van der Waals surface area contributed by atoms with E-state index in [1.165, 1.54) is 4.31 Å². The summed E-state index contributed by atoms with van der Waals surface area (Å²) in [5.74, 6) is -0.403. The molecule has 0 unspecified atom stereocenters. The molecule has 0 bridgehead atoms. The first-order valence-corrected chi connectivity index (χ1v) is 9.62. The molecule has 0 aliphatic carbocycles. The zero-order valence-corrected chi connectivity index (χ0v) is 14.6. The molecule has 0 atom stereocenters. The van der Waals surface area contributed by atoms with Crippen LogP contribution in [0.2, 0.25) is 0 Å². The number of nitrogens with one attached hydrogen (secondary N) is 2. The summed E-state index contributed by atoms with van der Waals surface area (Å²) < 4.78 is 26.0. The Morgan fingerprint density at radius 1 is 1.30 bits per heavy atom. The van der Waals surface area contributed by atoms with E-state index in [9.17, 15) is 13.2 Å². The van der Waals surface area contributed by atoms with Gasteiger partial charge in [0.15, 0.2) is 0 Å². The van der Waals surface area contributed by atoms with Crippen LogP contribution in [-0.4, -0.2) is 50.6 Å².